The molecule has 30 heavy (non-hydrogen) atoms. The van der Waals surface area contributed by atoms with E-state index >= 15 is 0 Å². The van der Waals surface area contributed by atoms with Gasteiger partial charge < -0.3 is 15.5 Å². The molecule has 0 spiro atoms. The third-order valence-corrected chi connectivity index (χ3v) is 6.95. The molecule has 2 aliphatic rings. The molecule has 1 unspecified atom stereocenters. The van der Waals surface area contributed by atoms with Gasteiger partial charge in [0.25, 0.3) is 0 Å². The summed E-state index contributed by atoms with van der Waals surface area (Å²) in [5.41, 5.74) is 1.22. The molecule has 6 heteroatoms. The Hall–Kier alpha value is -1.59. The van der Waals surface area contributed by atoms with Crippen LogP contribution in [0.15, 0.2) is 24.3 Å². The molecule has 0 bridgehead atoms. The summed E-state index contributed by atoms with van der Waals surface area (Å²) in [4.78, 5) is 27.9. The van der Waals surface area contributed by atoms with Gasteiger partial charge in [-0.3, -0.25) is 9.59 Å². The maximum absolute atomic E-state index is 13.4. The van der Waals surface area contributed by atoms with Crippen molar-refractivity contribution in [3.05, 3.63) is 34.9 Å². The molecule has 0 aromatic heterocycles. The van der Waals surface area contributed by atoms with E-state index in [1.165, 1.54) is 5.56 Å². The summed E-state index contributed by atoms with van der Waals surface area (Å²) in [7, 11) is 0. The highest BCUT2D eigenvalue weighted by molar-refractivity contribution is 6.30. The number of carbonyl (C=O) groups excluding carboxylic acids is 2. The van der Waals surface area contributed by atoms with Crippen molar-refractivity contribution in [1.82, 2.24) is 15.5 Å². The lowest BCUT2D eigenvalue weighted by atomic mass is 9.70. The predicted octanol–water partition coefficient (Wildman–Crippen LogP) is 3.82. The van der Waals surface area contributed by atoms with Gasteiger partial charge in [0.15, 0.2) is 0 Å². The van der Waals surface area contributed by atoms with Crippen molar-refractivity contribution in [2.24, 2.45) is 17.3 Å². The van der Waals surface area contributed by atoms with Crippen LogP contribution in [-0.2, 0) is 9.59 Å². The van der Waals surface area contributed by atoms with E-state index in [1.807, 2.05) is 30.9 Å². The molecule has 166 valence electrons. The van der Waals surface area contributed by atoms with Crippen molar-refractivity contribution in [3.8, 4) is 0 Å². The van der Waals surface area contributed by atoms with Crippen LogP contribution in [0.3, 0.4) is 0 Å². The number of piperidine rings is 1. The first-order chi connectivity index (χ1) is 14.2. The van der Waals surface area contributed by atoms with Gasteiger partial charge in [0.05, 0.1) is 0 Å². The fraction of sp³-hybridized carbons (Fsp3) is 0.667. The zero-order chi connectivity index (χ0) is 21.9. The second kappa shape index (κ2) is 9.69. The van der Waals surface area contributed by atoms with Gasteiger partial charge in [0.2, 0.25) is 11.8 Å². The third-order valence-electron chi connectivity index (χ3n) is 6.70. The summed E-state index contributed by atoms with van der Waals surface area (Å²) in [5.74, 6) is 0.847. The Kier molecular flexibility index (Phi) is 7.46. The summed E-state index contributed by atoms with van der Waals surface area (Å²) in [5, 5.41) is 7.08. The Balaban J connectivity index is 1.64. The van der Waals surface area contributed by atoms with Gasteiger partial charge in [-0.05, 0) is 66.8 Å². The first-order valence-electron chi connectivity index (χ1n) is 11.2. The summed E-state index contributed by atoms with van der Waals surface area (Å²) in [6, 6.07) is 7.61. The zero-order valence-corrected chi connectivity index (χ0v) is 19.5. The van der Waals surface area contributed by atoms with E-state index in [1.54, 1.807) is 0 Å². The molecule has 2 fully saturated rings. The molecule has 3 rings (SSSR count). The number of rotatable bonds is 6. The minimum atomic E-state index is -0.463. The van der Waals surface area contributed by atoms with Crippen molar-refractivity contribution >= 4 is 23.4 Å². The average Bonchev–Trinajstić information content (AvgIpc) is 3.18. The molecule has 2 N–H and O–H groups in total. The molecular formula is C24H36ClN3O2. The second-order valence-electron chi connectivity index (χ2n) is 9.99. The lowest BCUT2D eigenvalue weighted by molar-refractivity contribution is -0.140. The van der Waals surface area contributed by atoms with Crippen LogP contribution in [0.5, 0.6) is 0 Å². The number of nitrogens with one attached hydrogen (secondary N) is 2. The van der Waals surface area contributed by atoms with Crippen LogP contribution < -0.4 is 10.6 Å². The summed E-state index contributed by atoms with van der Waals surface area (Å²) >= 11 is 6.05. The zero-order valence-electron chi connectivity index (χ0n) is 18.7. The van der Waals surface area contributed by atoms with E-state index < -0.39 is 6.04 Å². The van der Waals surface area contributed by atoms with Gasteiger partial charge in [-0.25, -0.2) is 0 Å². The molecule has 2 saturated heterocycles. The highest BCUT2D eigenvalue weighted by Crippen LogP contribution is 2.42. The van der Waals surface area contributed by atoms with E-state index in [9.17, 15) is 9.59 Å². The smallest absolute Gasteiger partial charge is 0.245 e. The highest BCUT2D eigenvalue weighted by Gasteiger charge is 2.40. The van der Waals surface area contributed by atoms with Crippen molar-refractivity contribution in [2.75, 3.05) is 26.2 Å². The Morgan fingerprint density at radius 3 is 2.50 bits per heavy atom. The summed E-state index contributed by atoms with van der Waals surface area (Å²) in [6.45, 7) is 11.7. The van der Waals surface area contributed by atoms with E-state index in [4.69, 9.17) is 11.6 Å². The number of hydrogen-bond acceptors (Lipinski definition) is 3. The standard InChI is InChI=1S/C24H36ClN3O2/c1-16(2)22(27-21(29)13-17-9-11-26-14-17)23(30)28-12-10-20(24(3,4)15-28)18-5-7-19(25)8-6-18/h5-8,16-17,20,22,26H,9-15H2,1-4H3,(H,27,29)/t17-,20?,22-/m1/s1. The molecule has 3 atom stereocenters. The van der Waals surface area contributed by atoms with Gasteiger partial charge in [0.1, 0.15) is 6.04 Å². The number of nitrogens with zero attached hydrogens (tertiary/aromatic N) is 1. The van der Waals surface area contributed by atoms with Crippen molar-refractivity contribution in [3.63, 3.8) is 0 Å². The van der Waals surface area contributed by atoms with E-state index in [2.05, 4.69) is 36.6 Å². The lowest BCUT2D eigenvalue weighted by Crippen LogP contribution is -2.56. The second-order valence-corrected chi connectivity index (χ2v) is 10.4. The van der Waals surface area contributed by atoms with E-state index in [-0.39, 0.29) is 23.1 Å². The maximum Gasteiger partial charge on any atom is 0.245 e. The normalized spacial score (nSPS) is 24.7. The van der Waals surface area contributed by atoms with Gasteiger partial charge in [-0.15, -0.1) is 0 Å². The summed E-state index contributed by atoms with van der Waals surface area (Å²) < 4.78 is 0. The van der Waals surface area contributed by atoms with E-state index in [0.717, 1.165) is 31.0 Å². The Labute approximate surface area is 185 Å². The third kappa shape index (κ3) is 5.55. The van der Waals surface area contributed by atoms with Crippen LogP contribution in [-0.4, -0.2) is 48.9 Å². The van der Waals surface area contributed by atoms with Gasteiger partial charge in [-0.2, -0.15) is 0 Å². The van der Waals surface area contributed by atoms with Gasteiger partial charge >= 0.3 is 0 Å². The van der Waals surface area contributed by atoms with Crippen molar-refractivity contribution in [1.29, 1.82) is 0 Å². The number of benzene rings is 1. The first kappa shape index (κ1) is 23.1. The van der Waals surface area contributed by atoms with Crippen LogP contribution >= 0.6 is 11.6 Å². The van der Waals surface area contributed by atoms with Crippen molar-refractivity contribution in [2.45, 2.75) is 58.9 Å². The molecule has 2 heterocycles. The quantitative estimate of drug-likeness (QED) is 0.716. The molecule has 2 amide bonds. The Bertz CT molecular complexity index is 741. The molecule has 1 aromatic carbocycles. The number of amides is 2. The lowest BCUT2D eigenvalue weighted by Gasteiger charge is -2.45. The van der Waals surface area contributed by atoms with Gasteiger partial charge in [-0.1, -0.05) is 51.4 Å². The molecule has 5 nitrogen and oxygen atoms in total. The Morgan fingerprint density at radius 1 is 1.23 bits per heavy atom. The number of halogens is 1. The number of hydrogen-bond donors (Lipinski definition) is 2. The van der Waals surface area contributed by atoms with Crippen LogP contribution in [0.1, 0.15) is 58.4 Å². The minimum Gasteiger partial charge on any atom is -0.344 e. The highest BCUT2D eigenvalue weighted by atomic mass is 35.5. The van der Waals surface area contributed by atoms with Crippen molar-refractivity contribution < 1.29 is 9.59 Å². The predicted molar refractivity (Wildman–Crippen MR) is 122 cm³/mol. The summed E-state index contributed by atoms with van der Waals surface area (Å²) in [6.07, 6.45) is 2.43. The largest absolute Gasteiger partial charge is 0.344 e. The molecule has 1 aromatic rings. The van der Waals surface area contributed by atoms with Crippen LogP contribution in [0, 0.1) is 17.3 Å². The fourth-order valence-corrected chi connectivity index (χ4v) is 5.08. The monoisotopic (exact) mass is 433 g/mol. The minimum absolute atomic E-state index is 0.00828. The SMILES string of the molecule is CC(C)[C@@H](NC(=O)C[C@H]1CCNC1)C(=O)N1CCC(c2ccc(Cl)cc2)C(C)(C)C1. The molecule has 0 saturated carbocycles. The molecule has 0 aliphatic carbocycles. The van der Waals surface area contributed by atoms with Crippen LogP contribution in [0.25, 0.3) is 0 Å². The maximum atomic E-state index is 13.4. The topological polar surface area (TPSA) is 61.4 Å². The average molecular weight is 434 g/mol. The van der Waals surface area contributed by atoms with Crippen LogP contribution in [0.2, 0.25) is 5.02 Å². The van der Waals surface area contributed by atoms with Crippen LogP contribution in [0.4, 0.5) is 0 Å². The number of likely N-dealkylation sites (tertiary alicyclic amines) is 1. The fourth-order valence-electron chi connectivity index (χ4n) is 4.95. The molecular weight excluding hydrogens is 398 g/mol. The van der Waals surface area contributed by atoms with E-state index in [0.29, 0.717) is 31.3 Å². The molecule has 2 aliphatic heterocycles. The Morgan fingerprint density at radius 2 is 1.93 bits per heavy atom. The number of carbonyl (C=O) groups is 2. The molecule has 0 radical (unpaired) electrons. The first-order valence-corrected chi connectivity index (χ1v) is 11.6. The van der Waals surface area contributed by atoms with Gasteiger partial charge in [0, 0.05) is 24.5 Å².